The molecule has 0 fully saturated rings. The highest BCUT2D eigenvalue weighted by Crippen LogP contribution is 2.27. The summed E-state index contributed by atoms with van der Waals surface area (Å²) in [4.78, 5) is 39.0. The number of ether oxygens (including phenoxy) is 1. The lowest BCUT2D eigenvalue weighted by Crippen LogP contribution is -2.28. The minimum absolute atomic E-state index is 0.0774. The lowest BCUT2D eigenvalue weighted by molar-refractivity contribution is -0.137. The first-order valence-corrected chi connectivity index (χ1v) is 11.6. The highest BCUT2D eigenvalue weighted by molar-refractivity contribution is 5.88. The zero-order valence-corrected chi connectivity index (χ0v) is 20.6. The van der Waals surface area contributed by atoms with Crippen molar-refractivity contribution in [2.24, 2.45) is 7.05 Å². The number of hydrogen-bond donors (Lipinski definition) is 2. The van der Waals surface area contributed by atoms with Gasteiger partial charge in [-0.05, 0) is 38.5 Å². The van der Waals surface area contributed by atoms with Gasteiger partial charge in [0.25, 0.3) is 5.56 Å². The van der Waals surface area contributed by atoms with Crippen LogP contribution in [0.1, 0.15) is 43.4 Å². The monoisotopic (exact) mass is 488 g/mol. The van der Waals surface area contributed by atoms with Gasteiger partial charge in [-0.15, -0.1) is 0 Å². The highest BCUT2D eigenvalue weighted by Gasteiger charge is 2.23. The van der Waals surface area contributed by atoms with E-state index in [2.05, 4.69) is 20.4 Å². The van der Waals surface area contributed by atoms with E-state index in [4.69, 9.17) is 15.5 Å². The molecule has 4 aromatic rings. The van der Waals surface area contributed by atoms with E-state index >= 15 is 0 Å². The Morgan fingerprint density at radius 2 is 1.94 bits per heavy atom. The van der Waals surface area contributed by atoms with Crippen LogP contribution in [0.4, 0.5) is 11.8 Å². The number of rotatable bonds is 8. The van der Waals surface area contributed by atoms with Crippen molar-refractivity contribution in [3.05, 3.63) is 70.0 Å². The van der Waals surface area contributed by atoms with Gasteiger partial charge in [0, 0.05) is 18.7 Å². The molecule has 0 spiro atoms. The van der Waals surface area contributed by atoms with Gasteiger partial charge < -0.3 is 15.8 Å². The topological polar surface area (TPSA) is 143 Å². The van der Waals surface area contributed by atoms with E-state index in [1.807, 2.05) is 37.3 Å². The number of aromatic nitrogens is 6. The summed E-state index contributed by atoms with van der Waals surface area (Å²) in [5.41, 5.74) is 8.03. The van der Waals surface area contributed by atoms with Crippen LogP contribution in [0.25, 0.3) is 22.8 Å². The van der Waals surface area contributed by atoms with Crippen molar-refractivity contribution in [3.63, 3.8) is 0 Å². The first-order chi connectivity index (χ1) is 17.3. The summed E-state index contributed by atoms with van der Waals surface area (Å²) in [6, 6.07) is 8.86. The van der Waals surface area contributed by atoms with Gasteiger partial charge >= 0.3 is 5.97 Å². The summed E-state index contributed by atoms with van der Waals surface area (Å²) >= 11 is 0. The number of nitrogen functional groups attached to an aromatic ring is 1. The third-order valence-corrected chi connectivity index (χ3v) is 5.66. The second kappa shape index (κ2) is 10.4. The third-order valence-electron chi connectivity index (χ3n) is 5.66. The van der Waals surface area contributed by atoms with E-state index in [1.165, 1.54) is 12.3 Å². The second-order valence-corrected chi connectivity index (χ2v) is 8.07. The number of carbonyl (C=O) groups is 1. The summed E-state index contributed by atoms with van der Waals surface area (Å²) in [6.07, 6.45) is 4.99. The van der Waals surface area contributed by atoms with Gasteiger partial charge in [0.15, 0.2) is 5.65 Å². The van der Waals surface area contributed by atoms with Crippen LogP contribution in [0.5, 0.6) is 0 Å². The minimum atomic E-state index is -0.479. The number of fused-ring (bicyclic) bond motifs is 1. The fraction of sp³-hybridized carbons (Fsp3) is 0.280. The summed E-state index contributed by atoms with van der Waals surface area (Å²) in [5, 5.41) is 8.02. The van der Waals surface area contributed by atoms with E-state index in [9.17, 15) is 9.59 Å². The number of nitrogens with two attached hydrogens (primary N) is 1. The van der Waals surface area contributed by atoms with Crippen LogP contribution in [-0.2, 0) is 16.6 Å². The smallest absolute Gasteiger partial charge is 0.330 e. The Bertz CT molecular complexity index is 1490. The third kappa shape index (κ3) is 4.81. The summed E-state index contributed by atoms with van der Waals surface area (Å²) < 4.78 is 8.15. The molecule has 1 unspecified atom stereocenters. The quantitative estimate of drug-likeness (QED) is 0.283. The van der Waals surface area contributed by atoms with E-state index in [-0.39, 0.29) is 18.1 Å². The SMILES string of the molecule is CCOC(=O)/C=C/c1c(C)nc(N)nc1NC(CC)c1nc2c(cnn2C)c(=O)n1-c1ccccc1. The van der Waals surface area contributed by atoms with Crippen molar-refractivity contribution in [3.8, 4) is 5.69 Å². The average molecular weight is 489 g/mol. The molecule has 1 atom stereocenters. The molecule has 11 nitrogen and oxygen atoms in total. The van der Waals surface area contributed by atoms with Crippen LogP contribution in [0.3, 0.4) is 0 Å². The molecule has 11 heteroatoms. The zero-order valence-electron chi connectivity index (χ0n) is 20.6. The Kier molecular flexibility index (Phi) is 7.09. The van der Waals surface area contributed by atoms with Crippen LogP contribution in [0, 0.1) is 6.92 Å². The Labute approximate surface area is 207 Å². The maximum atomic E-state index is 13.6. The molecule has 1 aromatic carbocycles. The summed E-state index contributed by atoms with van der Waals surface area (Å²) in [6.45, 7) is 5.75. The van der Waals surface area contributed by atoms with E-state index in [1.54, 1.807) is 36.2 Å². The fourth-order valence-corrected chi connectivity index (χ4v) is 3.93. The summed E-state index contributed by atoms with van der Waals surface area (Å²) in [7, 11) is 1.74. The number of hydrogen-bond acceptors (Lipinski definition) is 9. The maximum Gasteiger partial charge on any atom is 0.330 e. The molecule has 0 aliphatic rings. The van der Waals surface area contributed by atoms with Gasteiger partial charge in [-0.2, -0.15) is 10.1 Å². The van der Waals surface area contributed by atoms with Gasteiger partial charge in [0.2, 0.25) is 5.95 Å². The minimum Gasteiger partial charge on any atom is -0.463 e. The van der Waals surface area contributed by atoms with Gasteiger partial charge in [0.1, 0.15) is 17.0 Å². The van der Waals surface area contributed by atoms with E-state index in [0.717, 1.165) is 0 Å². The molecule has 3 N–H and O–H groups in total. The predicted octanol–water partition coefficient (Wildman–Crippen LogP) is 2.94. The molecular weight excluding hydrogens is 460 g/mol. The molecule has 0 radical (unpaired) electrons. The van der Waals surface area contributed by atoms with Crippen LogP contribution in [0.15, 0.2) is 47.4 Å². The van der Waals surface area contributed by atoms with Crippen LogP contribution in [0.2, 0.25) is 0 Å². The standard InChI is InChI=1S/C25H28N8O3/c1-5-19(29-21-17(12-13-20(34)36-6-2)15(3)28-25(26)30-21)23-31-22-18(14-27-32(22)4)24(35)33(23)16-10-8-7-9-11-16/h7-14,19H,5-6H2,1-4H3,(H3,26,28,29,30)/b13-12+. The van der Waals surface area contributed by atoms with Crippen molar-refractivity contribution in [1.82, 2.24) is 29.3 Å². The Morgan fingerprint density at radius 3 is 2.64 bits per heavy atom. The van der Waals surface area contributed by atoms with Crippen molar-refractivity contribution >= 4 is 34.8 Å². The first-order valence-electron chi connectivity index (χ1n) is 11.6. The van der Waals surface area contributed by atoms with Crippen molar-refractivity contribution in [2.45, 2.75) is 33.2 Å². The van der Waals surface area contributed by atoms with Gasteiger partial charge in [-0.25, -0.2) is 14.8 Å². The van der Waals surface area contributed by atoms with Crippen molar-refractivity contribution < 1.29 is 9.53 Å². The molecule has 4 rings (SSSR count). The number of carbonyl (C=O) groups excluding carboxylic acids is 1. The van der Waals surface area contributed by atoms with E-state index in [0.29, 0.717) is 46.0 Å². The van der Waals surface area contributed by atoms with Gasteiger partial charge in [-0.3, -0.25) is 14.0 Å². The summed E-state index contributed by atoms with van der Waals surface area (Å²) in [5.74, 6) is 0.493. The Morgan fingerprint density at radius 1 is 1.19 bits per heavy atom. The first kappa shape index (κ1) is 24.6. The second-order valence-electron chi connectivity index (χ2n) is 8.07. The molecule has 186 valence electrons. The molecular formula is C25H28N8O3. The Balaban J connectivity index is 1.86. The lowest BCUT2D eigenvalue weighted by atomic mass is 10.1. The molecule has 0 saturated carbocycles. The lowest BCUT2D eigenvalue weighted by Gasteiger charge is -2.23. The number of nitrogens with zero attached hydrogens (tertiary/aromatic N) is 6. The number of aryl methyl sites for hydroxylation is 2. The average Bonchev–Trinajstić information content (AvgIpc) is 3.23. The molecule has 3 heterocycles. The van der Waals surface area contributed by atoms with E-state index < -0.39 is 12.0 Å². The van der Waals surface area contributed by atoms with Crippen molar-refractivity contribution in [2.75, 3.05) is 17.7 Å². The number of benzene rings is 1. The molecule has 0 aliphatic carbocycles. The molecule has 0 amide bonds. The van der Waals surface area contributed by atoms with Crippen LogP contribution >= 0.6 is 0 Å². The maximum absolute atomic E-state index is 13.6. The molecule has 36 heavy (non-hydrogen) atoms. The number of para-hydroxylation sites is 1. The van der Waals surface area contributed by atoms with Crippen LogP contribution < -0.4 is 16.6 Å². The fourth-order valence-electron chi connectivity index (χ4n) is 3.93. The zero-order chi connectivity index (χ0) is 25.8. The number of anilines is 2. The van der Waals surface area contributed by atoms with Crippen LogP contribution in [-0.4, -0.2) is 41.9 Å². The number of esters is 1. The predicted molar refractivity (Wildman–Crippen MR) is 138 cm³/mol. The van der Waals surface area contributed by atoms with Gasteiger partial charge in [0.05, 0.1) is 30.2 Å². The Hall–Kier alpha value is -4.54. The molecule has 0 bridgehead atoms. The highest BCUT2D eigenvalue weighted by atomic mass is 16.5. The molecule has 0 saturated heterocycles. The number of nitrogens with one attached hydrogen (secondary N) is 1. The molecule has 3 aromatic heterocycles. The van der Waals surface area contributed by atoms with Crippen molar-refractivity contribution in [1.29, 1.82) is 0 Å². The largest absolute Gasteiger partial charge is 0.463 e. The van der Waals surface area contributed by atoms with Gasteiger partial charge in [-0.1, -0.05) is 25.1 Å². The molecule has 0 aliphatic heterocycles. The normalized spacial score (nSPS) is 12.2.